The molecule has 2 aromatic heterocycles. The van der Waals surface area contributed by atoms with E-state index in [1.165, 1.54) is 0 Å². The summed E-state index contributed by atoms with van der Waals surface area (Å²) in [5.41, 5.74) is 7.80. The van der Waals surface area contributed by atoms with E-state index in [9.17, 15) is 0 Å². The number of hydrogen-bond donors (Lipinski definition) is 1. The Kier molecular flexibility index (Phi) is 1.98. The second-order valence-corrected chi connectivity index (χ2v) is 3.14. The van der Waals surface area contributed by atoms with Crippen molar-refractivity contribution in [3.63, 3.8) is 0 Å². The highest BCUT2D eigenvalue weighted by atomic mass is 15.2. The van der Waals surface area contributed by atoms with Crippen molar-refractivity contribution in [3.8, 4) is 0 Å². The third-order valence-electron chi connectivity index (χ3n) is 2.24. The highest BCUT2D eigenvalue weighted by molar-refractivity contribution is 5.53. The van der Waals surface area contributed by atoms with E-state index in [4.69, 9.17) is 5.73 Å². The van der Waals surface area contributed by atoms with E-state index in [-0.39, 0.29) is 0 Å². The lowest BCUT2D eigenvalue weighted by atomic mass is 10.0. The second-order valence-electron chi connectivity index (χ2n) is 3.14. The van der Waals surface area contributed by atoms with Gasteiger partial charge in [-0.1, -0.05) is 6.92 Å². The Balaban J connectivity index is 2.57. The summed E-state index contributed by atoms with van der Waals surface area (Å²) >= 11 is 0. The first-order chi connectivity index (χ1) is 6.33. The lowest BCUT2D eigenvalue weighted by molar-refractivity contribution is 0.780. The molecule has 0 saturated carbocycles. The highest BCUT2D eigenvalue weighted by Gasteiger charge is 2.09. The molecule has 0 aliphatic carbocycles. The van der Waals surface area contributed by atoms with Crippen molar-refractivity contribution >= 4 is 5.52 Å². The van der Waals surface area contributed by atoms with Gasteiger partial charge in [-0.3, -0.25) is 4.98 Å². The van der Waals surface area contributed by atoms with Crippen molar-refractivity contribution in [2.24, 2.45) is 5.73 Å². The summed E-state index contributed by atoms with van der Waals surface area (Å²) in [6.45, 7) is 2.72. The summed E-state index contributed by atoms with van der Waals surface area (Å²) in [4.78, 5) is 4.06. The first-order valence-corrected chi connectivity index (χ1v) is 4.30. The van der Waals surface area contributed by atoms with Crippen LogP contribution in [0.25, 0.3) is 5.52 Å². The summed E-state index contributed by atoms with van der Waals surface area (Å²) < 4.78 is 1.81. The molecule has 0 saturated heterocycles. The summed E-state index contributed by atoms with van der Waals surface area (Å²) in [6, 6.07) is 0. The minimum atomic E-state index is 0.335. The average Bonchev–Trinajstić information content (AvgIpc) is 2.60. The van der Waals surface area contributed by atoms with Gasteiger partial charge in [0.05, 0.1) is 17.9 Å². The van der Waals surface area contributed by atoms with E-state index in [0.717, 1.165) is 11.1 Å². The van der Waals surface area contributed by atoms with Crippen molar-refractivity contribution in [3.05, 3.63) is 30.4 Å². The van der Waals surface area contributed by atoms with Crippen LogP contribution in [-0.4, -0.2) is 21.1 Å². The molecular weight excluding hydrogens is 164 g/mol. The van der Waals surface area contributed by atoms with Crippen molar-refractivity contribution in [1.82, 2.24) is 14.6 Å². The van der Waals surface area contributed by atoms with E-state index < -0.39 is 0 Å². The molecule has 4 nitrogen and oxygen atoms in total. The van der Waals surface area contributed by atoms with Gasteiger partial charge in [0.1, 0.15) is 0 Å². The molecule has 0 radical (unpaired) electrons. The number of nitrogens with zero attached hydrogens (tertiary/aromatic N) is 3. The Morgan fingerprint density at radius 2 is 2.38 bits per heavy atom. The molecule has 2 heterocycles. The number of nitrogens with two attached hydrogens (primary N) is 1. The molecule has 4 heteroatoms. The minimum Gasteiger partial charge on any atom is -0.330 e. The summed E-state index contributed by atoms with van der Waals surface area (Å²) in [5.74, 6) is 0.335. The van der Waals surface area contributed by atoms with E-state index in [0.29, 0.717) is 12.5 Å². The summed E-state index contributed by atoms with van der Waals surface area (Å²) in [6.07, 6.45) is 7.22. The van der Waals surface area contributed by atoms with Crippen LogP contribution in [0.5, 0.6) is 0 Å². The molecule has 1 unspecified atom stereocenters. The second kappa shape index (κ2) is 3.14. The van der Waals surface area contributed by atoms with E-state index in [2.05, 4.69) is 17.0 Å². The zero-order valence-corrected chi connectivity index (χ0v) is 7.51. The van der Waals surface area contributed by atoms with Crippen LogP contribution in [0.4, 0.5) is 0 Å². The zero-order chi connectivity index (χ0) is 9.26. The van der Waals surface area contributed by atoms with E-state index in [1.807, 2.05) is 23.1 Å². The van der Waals surface area contributed by atoms with Gasteiger partial charge in [0, 0.05) is 18.0 Å². The van der Waals surface area contributed by atoms with Crippen LogP contribution in [0.15, 0.2) is 24.8 Å². The predicted octanol–water partition coefficient (Wildman–Crippen LogP) is 0.791. The summed E-state index contributed by atoms with van der Waals surface area (Å²) in [7, 11) is 0. The maximum absolute atomic E-state index is 5.60. The number of fused-ring (bicyclic) bond motifs is 1. The van der Waals surface area contributed by atoms with E-state index >= 15 is 0 Å². The van der Waals surface area contributed by atoms with Gasteiger partial charge in [-0.15, -0.1) is 0 Å². The van der Waals surface area contributed by atoms with Crippen LogP contribution >= 0.6 is 0 Å². The Hall–Kier alpha value is -1.42. The Morgan fingerprint density at radius 3 is 3.15 bits per heavy atom. The lowest BCUT2D eigenvalue weighted by Gasteiger charge is -2.04. The topological polar surface area (TPSA) is 56.2 Å². The molecule has 0 aromatic carbocycles. The van der Waals surface area contributed by atoms with Gasteiger partial charge in [0.15, 0.2) is 0 Å². The van der Waals surface area contributed by atoms with Gasteiger partial charge < -0.3 is 5.73 Å². The first-order valence-electron chi connectivity index (χ1n) is 4.30. The monoisotopic (exact) mass is 176 g/mol. The molecule has 2 rings (SSSR count). The molecule has 0 aliphatic rings. The fourth-order valence-corrected chi connectivity index (χ4v) is 1.36. The van der Waals surface area contributed by atoms with Crippen LogP contribution in [0.1, 0.15) is 18.4 Å². The first kappa shape index (κ1) is 8.19. The van der Waals surface area contributed by atoms with Crippen molar-refractivity contribution in [2.75, 3.05) is 6.54 Å². The molecule has 0 bridgehead atoms. The third kappa shape index (κ3) is 1.29. The van der Waals surface area contributed by atoms with Crippen LogP contribution in [0.3, 0.4) is 0 Å². The molecule has 0 fully saturated rings. The fourth-order valence-electron chi connectivity index (χ4n) is 1.36. The smallest absolute Gasteiger partial charge is 0.0879 e. The maximum Gasteiger partial charge on any atom is 0.0879 e. The predicted molar refractivity (Wildman–Crippen MR) is 50.5 cm³/mol. The largest absolute Gasteiger partial charge is 0.330 e. The van der Waals surface area contributed by atoms with Crippen LogP contribution < -0.4 is 5.73 Å². The van der Waals surface area contributed by atoms with Crippen molar-refractivity contribution in [1.29, 1.82) is 0 Å². The number of aromatic nitrogens is 3. The average molecular weight is 176 g/mol. The minimum absolute atomic E-state index is 0.335. The molecule has 1 atom stereocenters. The fraction of sp³-hybridized carbons (Fsp3) is 0.333. The molecule has 2 aromatic rings. The number of hydrogen-bond acceptors (Lipinski definition) is 3. The molecule has 0 spiro atoms. The molecular formula is C9H12N4. The molecule has 68 valence electrons. The van der Waals surface area contributed by atoms with Crippen molar-refractivity contribution in [2.45, 2.75) is 12.8 Å². The van der Waals surface area contributed by atoms with Gasteiger partial charge in [-0.05, 0) is 12.5 Å². The van der Waals surface area contributed by atoms with Crippen LogP contribution in [-0.2, 0) is 0 Å². The zero-order valence-electron chi connectivity index (χ0n) is 7.51. The van der Waals surface area contributed by atoms with Gasteiger partial charge >= 0.3 is 0 Å². The molecule has 13 heavy (non-hydrogen) atoms. The van der Waals surface area contributed by atoms with Crippen LogP contribution in [0.2, 0.25) is 0 Å². The Bertz CT molecular complexity index is 407. The number of rotatable bonds is 2. The van der Waals surface area contributed by atoms with E-state index in [1.54, 1.807) is 6.20 Å². The van der Waals surface area contributed by atoms with Crippen LogP contribution in [0, 0.1) is 0 Å². The molecule has 0 amide bonds. The van der Waals surface area contributed by atoms with Gasteiger partial charge in [-0.2, -0.15) is 5.10 Å². The third-order valence-corrected chi connectivity index (χ3v) is 2.24. The standard InChI is InChI=1S/C9H12N4/c1-7(4-10)8-5-12-13-3-2-11-6-9(8)13/h2-3,5-7H,4,10H2,1H3. The highest BCUT2D eigenvalue weighted by Crippen LogP contribution is 2.18. The van der Waals surface area contributed by atoms with Gasteiger partial charge in [0.2, 0.25) is 0 Å². The molecule has 0 aliphatic heterocycles. The van der Waals surface area contributed by atoms with Gasteiger partial charge in [0.25, 0.3) is 0 Å². The maximum atomic E-state index is 5.60. The Morgan fingerprint density at radius 1 is 1.54 bits per heavy atom. The van der Waals surface area contributed by atoms with Gasteiger partial charge in [-0.25, -0.2) is 4.52 Å². The lowest BCUT2D eigenvalue weighted by Crippen LogP contribution is -2.08. The quantitative estimate of drug-likeness (QED) is 0.736. The molecule has 2 N–H and O–H groups in total. The summed E-state index contributed by atoms with van der Waals surface area (Å²) in [5, 5.41) is 4.21. The SMILES string of the molecule is CC(CN)c1cnn2ccncc12. The normalized spacial score (nSPS) is 13.4. The van der Waals surface area contributed by atoms with Crippen molar-refractivity contribution < 1.29 is 0 Å². The Labute approximate surface area is 76.4 Å².